The van der Waals surface area contributed by atoms with E-state index >= 15 is 0 Å². The molecule has 1 aromatic rings. The van der Waals surface area contributed by atoms with Crippen molar-refractivity contribution in [3.63, 3.8) is 0 Å². The zero-order valence-electron chi connectivity index (χ0n) is 9.16. The van der Waals surface area contributed by atoms with E-state index in [2.05, 4.69) is 0 Å². The van der Waals surface area contributed by atoms with Crippen molar-refractivity contribution in [3.05, 3.63) is 21.9 Å². The van der Waals surface area contributed by atoms with E-state index in [1.807, 2.05) is 6.92 Å². The number of thiophene rings is 1. The quantitative estimate of drug-likeness (QED) is 0.464. The smallest absolute Gasteiger partial charge is 0.348 e. The van der Waals surface area contributed by atoms with E-state index in [1.54, 1.807) is 19.1 Å². The molecule has 0 spiro atoms. The largest absolute Gasteiger partial charge is 0.462 e. The predicted octanol–water partition coefficient (Wildman–Crippen LogP) is 3.12. The highest BCUT2D eigenvalue weighted by atomic mass is 35.5. The molecule has 0 fully saturated rings. The molecular formula is C11H13ClO3S. The van der Waals surface area contributed by atoms with Gasteiger partial charge < -0.3 is 4.74 Å². The summed E-state index contributed by atoms with van der Waals surface area (Å²) in [7, 11) is 0. The summed E-state index contributed by atoms with van der Waals surface area (Å²) in [6.45, 7) is 3.91. The van der Waals surface area contributed by atoms with Crippen LogP contribution in [0.3, 0.4) is 0 Å². The van der Waals surface area contributed by atoms with Crippen LogP contribution in [0.4, 0.5) is 0 Å². The van der Waals surface area contributed by atoms with Gasteiger partial charge in [0, 0.05) is 0 Å². The Morgan fingerprint density at radius 2 is 2.00 bits per heavy atom. The fourth-order valence-corrected chi connectivity index (χ4v) is 2.20. The summed E-state index contributed by atoms with van der Waals surface area (Å²) in [5, 5.41) is -0.520. The number of alkyl halides is 1. The van der Waals surface area contributed by atoms with Crippen LogP contribution in [0.25, 0.3) is 0 Å². The molecule has 88 valence electrons. The number of ether oxygens (including phenoxy) is 1. The number of rotatable bonds is 5. The van der Waals surface area contributed by atoms with Crippen LogP contribution in [0.1, 0.15) is 39.6 Å². The van der Waals surface area contributed by atoms with Crippen LogP contribution in [0.5, 0.6) is 0 Å². The van der Waals surface area contributed by atoms with Gasteiger partial charge in [-0.3, -0.25) is 4.79 Å². The topological polar surface area (TPSA) is 43.4 Å². The van der Waals surface area contributed by atoms with E-state index in [-0.39, 0.29) is 5.78 Å². The van der Waals surface area contributed by atoms with Crippen LogP contribution >= 0.6 is 22.9 Å². The maximum absolute atomic E-state index is 11.7. The Bertz CT molecular complexity index is 386. The molecule has 1 rings (SSSR count). The molecule has 0 aliphatic carbocycles. The molecule has 0 aliphatic rings. The number of hydrogen-bond donors (Lipinski definition) is 0. The summed E-state index contributed by atoms with van der Waals surface area (Å²) in [4.78, 5) is 24.0. The Kier molecular flexibility index (Phi) is 4.96. The molecule has 1 atom stereocenters. The van der Waals surface area contributed by atoms with Crippen LogP contribution < -0.4 is 0 Å². The van der Waals surface area contributed by atoms with Gasteiger partial charge in [-0.15, -0.1) is 22.9 Å². The minimum Gasteiger partial charge on any atom is -0.462 e. The zero-order chi connectivity index (χ0) is 12.1. The molecule has 0 aliphatic heterocycles. The second-order valence-electron chi connectivity index (χ2n) is 3.12. The number of carbonyl (C=O) groups is 2. The third-order valence-electron chi connectivity index (χ3n) is 1.97. The van der Waals surface area contributed by atoms with Gasteiger partial charge in [-0.05, 0) is 25.5 Å². The van der Waals surface area contributed by atoms with Gasteiger partial charge in [-0.2, -0.15) is 0 Å². The first-order valence-electron chi connectivity index (χ1n) is 5.05. The maximum atomic E-state index is 11.7. The lowest BCUT2D eigenvalue weighted by molar-refractivity contribution is 0.0532. The van der Waals surface area contributed by atoms with E-state index in [1.165, 1.54) is 0 Å². The standard InChI is InChI=1S/C11H13ClO3S/c1-3-7(12)10(13)8-5-6-9(16-8)11(14)15-4-2/h5-7H,3-4H2,1-2H3. The number of carbonyl (C=O) groups excluding carboxylic acids is 2. The second kappa shape index (κ2) is 6.01. The van der Waals surface area contributed by atoms with Crippen molar-refractivity contribution in [2.45, 2.75) is 25.6 Å². The molecule has 0 amide bonds. The lowest BCUT2D eigenvalue weighted by atomic mass is 10.2. The van der Waals surface area contributed by atoms with E-state index in [4.69, 9.17) is 16.3 Å². The lowest BCUT2D eigenvalue weighted by Crippen LogP contribution is -2.11. The minimum atomic E-state index is -0.520. The predicted molar refractivity (Wildman–Crippen MR) is 64.5 cm³/mol. The molecule has 1 unspecified atom stereocenters. The monoisotopic (exact) mass is 260 g/mol. The van der Waals surface area contributed by atoms with Crippen LogP contribution in [-0.2, 0) is 4.74 Å². The molecule has 0 aromatic carbocycles. The van der Waals surface area contributed by atoms with E-state index in [9.17, 15) is 9.59 Å². The molecule has 0 saturated carbocycles. The first kappa shape index (κ1) is 13.2. The van der Waals surface area contributed by atoms with Gasteiger partial charge in [-0.25, -0.2) is 4.79 Å². The second-order valence-corrected chi connectivity index (χ2v) is 4.74. The number of Topliss-reactive ketones (excluding diaryl/α,β-unsaturated/α-hetero) is 1. The first-order chi connectivity index (χ1) is 7.60. The highest BCUT2D eigenvalue weighted by Gasteiger charge is 2.19. The van der Waals surface area contributed by atoms with Crippen molar-refractivity contribution in [2.75, 3.05) is 6.61 Å². The van der Waals surface area contributed by atoms with Crippen LogP contribution in [0, 0.1) is 0 Å². The number of hydrogen-bond acceptors (Lipinski definition) is 4. The Balaban J connectivity index is 2.79. The summed E-state index contributed by atoms with van der Waals surface area (Å²) < 4.78 is 4.83. The van der Waals surface area contributed by atoms with Crippen molar-refractivity contribution < 1.29 is 14.3 Å². The molecule has 0 bridgehead atoms. The summed E-state index contributed by atoms with van der Waals surface area (Å²) >= 11 is 6.97. The molecule has 1 aromatic heterocycles. The fraction of sp³-hybridized carbons (Fsp3) is 0.455. The molecular weight excluding hydrogens is 248 g/mol. The third kappa shape index (κ3) is 3.06. The molecule has 3 nitrogen and oxygen atoms in total. The molecule has 16 heavy (non-hydrogen) atoms. The molecule has 0 saturated heterocycles. The van der Waals surface area contributed by atoms with Crippen LogP contribution in [-0.4, -0.2) is 23.7 Å². The van der Waals surface area contributed by atoms with Crippen molar-refractivity contribution in [2.24, 2.45) is 0 Å². The van der Waals surface area contributed by atoms with Gasteiger partial charge in [0.05, 0.1) is 16.9 Å². The average Bonchev–Trinajstić information content (AvgIpc) is 2.76. The highest BCUT2D eigenvalue weighted by molar-refractivity contribution is 7.16. The third-order valence-corrected chi connectivity index (χ3v) is 3.56. The van der Waals surface area contributed by atoms with Gasteiger partial charge >= 0.3 is 5.97 Å². The highest BCUT2D eigenvalue weighted by Crippen LogP contribution is 2.21. The Morgan fingerprint density at radius 3 is 2.56 bits per heavy atom. The Hall–Kier alpha value is -0.870. The lowest BCUT2D eigenvalue weighted by Gasteiger charge is -2.01. The Labute approximate surface area is 103 Å². The fourth-order valence-electron chi connectivity index (χ4n) is 1.12. The van der Waals surface area contributed by atoms with Gasteiger partial charge in [0.15, 0.2) is 5.78 Å². The molecule has 0 N–H and O–H groups in total. The van der Waals surface area contributed by atoms with E-state index in [0.717, 1.165) is 11.3 Å². The van der Waals surface area contributed by atoms with Crippen LogP contribution in [0.15, 0.2) is 12.1 Å². The minimum absolute atomic E-state index is 0.135. The number of esters is 1. The normalized spacial score (nSPS) is 12.2. The van der Waals surface area contributed by atoms with Crippen molar-refractivity contribution >= 4 is 34.7 Å². The van der Waals surface area contributed by atoms with Gasteiger partial charge in [0.1, 0.15) is 4.88 Å². The summed E-state index contributed by atoms with van der Waals surface area (Å²) in [5.41, 5.74) is 0. The van der Waals surface area contributed by atoms with E-state index in [0.29, 0.717) is 22.8 Å². The molecule has 5 heteroatoms. The maximum Gasteiger partial charge on any atom is 0.348 e. The average molecular weight is 261 g/mol. The summed E-state index contributed by atoms with van der Waals surface area (Å²) in [6.07, 6.45) is 0.576. The zero-order valence-corrected chi connectivity index (χ0v) is 10.7. The van der Waals surface area contributed by atoms with Crippen LogP contribution in [0.2, 0.25) is 0 Å². The Morgan fingerprint density at radius 1 is 1.38 bits per heavy atom. The molecule has 1 heterocycles. The van der Waals surface area contributed by atoms with Gasteiger partial charge in [0.2, 0.25) is 0 Å². The number of halogens is 1. The number of ketones is 1. The summed E-state index contributed by atoms with van der Waals surface area (Å²) in [6, 6.07) is 3.21. The van der Waals surface area contributed by atoms with Gasteiger partial charge in [0.25, 0.3) is 0 Å². The van der Waals surface area contributed by atoms with Crippen molar-refractivity contribution in [3.8, 4) is 0 Å². The summed E-state index contributed by atoms with van der Waals surface area (Å²) in [5.74, 6) is -0.529. The first-order valence-corrected chi connectivity index (χ1v) is 6.30. The van der Waals surface area contributed by atoms with Crippen molar-refractivity contribution in [1.29, 1.82) is 0 Å². The molecule has 0 radical (unpaired) electrons. The SMILES string of the molecule is CCOC(=O)c1ccc(C(=O)C(Cl)CC)s1. The van der Waals surface area contributed by atoms with E-state index < -0.39 is 11.3 Å². The van der Waals surface area contributed by atoms with Crippen molar-refractivity contribution in [1.82, 2.24) is 0 Å². The van der Waals surface area contributed by atoms with Gasteiger partial charge in [-0.1, -0.05) is 6.92 Å².